The van der Waals surface area contributed by atoms with Gasteiger partial charge < -0.3 is 20.3 Å². The molecule has 0 aromatic heterocycles. The summed E-state index contributed by atoms with van der Waals surface area (Å²) in [6, 6.07) is -0.638. The van der Waals surface area contributed by atoms with Gasteiger partial charge in [0.1, 0.15) is 0 Å². The first-order valence-corrected chi connectivity index (χ1v) is 24.8. The molecule has 0 saturated heterocycles. The minimum Gasteiger partial charge on any atom is -0.466 e. The maximum absolute atomic E-state index is 12.4. The molecule has 0 spiro atoms. The highest BCUT2D eigenvalue weighted by Gasteiger charge is 2.18. The first-order chi connectivity index (χ1) is 28.0. The molecule has 1 amide bonds. The fourth-order valence-corrected chi connectivity index (χ4v) is 7.27. The molecule has 2 unspecified atom stereocenters. The van der Waals surface area contributed by atoms with Gasteiger partial charge in [-0.15, -0.1) is 0 Å². The number of aliphatic hydroxyl groups excluding tert-OH is 2. The van der Waals surface area contributed by atoms with Crippen molar-refractivity contribution in [1.29, 1.82) is 0 Å². The predicted octanol–water partition coefficient (Wildman–Crippen LogP) is 14.5. The van der Waals surface area contributed by atoms with E-state index in [-0.39, 0.29) is 18.5 Å². The number of unbranched alkanes of at least 4 members (excludes halogenated alkanes) is 30. The topological polar surface area (TPSA) is 95.9 Å². The molecule has 0 aliphatic heterocycles. The SMILES string of the molecule is CCCCC/C=C\CCCCCCCC(=O)OCCCCCC/C=C\CCCCCCCCCC(=O)NC(CO)C(O)/C=C/CCCCCCCCCCCCC. The Balaban J connectivity index is 3.53. The van der Waals surface area contributed by atoms with E-state index in [0.717, 1.165) is 70.6 Å². The highest BCUT2D eigenvalue weighted by atomic mass is 16.5. The van der Waals surface area contributed by atoms with Crippen molar-refractivity contribution in [2.75, 3.05) is 13.2 Å². The second-order valence-corrected chi connectivity index (χ2v) is 16.8. The van der Waals surface area contributed by atoms with E-state index >= 15 is 0 Å². The molecule has 0 radical (unpaired) electrons. The van der Waals surface area contributed by atoms with Crippen LogP contribution < -0.4 is 5.32 Å². The molecule has 6 heteroatoms. The lowest BCUT2D eigenvalue weighted by atomic mass is 10.0. The van der Waals surface area contributed by atoms with E-state index in [4.69, 9.17) is 4.74 Å². The van der Waals surface area contributed by atoms with Gasteiger partial charge in [0.2, 0.25) is 5.91 Å². The van der Waals surface area contributed by atoms with Crippen molar-refractivity contribution in [3.63, 3.8) is 0 Å². The molecule has 2 atom stereocenters. The van der Waals surface area contributed by atoms with Crippen LogP contribution in [0, 0.1) is 0 Å². The maximum atomic E-state index is 12.4. The number of carbonyl (C=O) groups excluding carboxylic acids is 2. The molecule has 0 rings (SSSR count). The van der Waals surface area contributed by atoms with Crippen molar-refractivity contribution in [1.82, 2.24) is 5.32 Å². The van der Waals surface area contributed by atoms with Crippen LogP contribution in [0.15, 0.2) is 36.5 Å². The molecule has 0 aromatic rings. The molecular weight excluding hydrogens is 707 g/mol. The summed E-state index contributed by atoms with van der Waals surface area (Å²) in [6.45, 7) is 4.82. The van der Waals surface area contributed by atoms with Crippen molar-refractivity contribution >= 4 is 11.9 Å². The van der Waals surface area contributed by atoms with Gasteiger partial charge in [-0.25, -0.2) is 0 Å². The minimum atomic E-state index is -0.853. The van der Waals surface area contributed by atoms with Gasteiger partial charge in [0.05, 0.1) is 25.4 Å². The summed E-state index contributed by atoms with van der Waals surface area (Å²) in [5.41, 5.74) is 0. The number of hydrogen-bond donors (Lipinski definition) is 3. The first kappa shape index (κ1) is 55.1. The maximum Gasteiger partial charge on any atom is 0.305 e. The van der Waals surface area contributed by atoms with Crippen LogP contribution in [0.1, 0.15) is 251 Å². The Labute approximate surface area is 353 Å². The summed E-state index contributed by atoms with van der Waals surface area (Å²) in [7, 11) is 0. The number of ether oxygens (including phenoxy) is 1. The van der Waals surface area contributed by atoms with Gasteiger partial charge in [-0.05, 0) is 83.5 Å². The molecule has 0 bridgehead atoms. The van der Waals surface area contributed by atoms with Crippen LogP contribution in [0.4, 0.5) is 0 Å². The molecular formula is C51H95NO5. The summed E-state index contributed by atoms with van der Waals surface area (Å²) in [5, 5.41) is 23.0. The highest BCUT2D eigenvalue weighted by Crippen LogP contribution is 2.14. The van der Waals surface area contributed by atoms with Gasteiger partial charge in [-0.1, -0.05) is 192 Å². The second-order valence-electron chi connectivity index (χ2n) is 16.8. The molecule has 3 N–H and O–H groups in total. The number of rotatable bonds is 45. The Morgan fingerprint density at radius 3 is 1.28 bits per heavy atom. The zero-order valence-corrected chi connectivity index (χ0v) is 37.8. The average molecular weight is 802 g/mol. The molecule has 0 fully saturated rings. The number of carbonyl (C=O) groups is 2. The molecule has 0 aliphatic carbocycles. The van der Waals surface area contributed by atoms with Crippen molar-refractivity contribution in [2.45, 2.75) is 264 Å². The van der Waals surface area contributed by atoms with Crippen molar-refractivity contribution in [3.8, 4) is 0 Å². The fraction of sp³-hybridized carbons (Fsp3) is 0.843. The quantitative estimate of drug-likeness (QED) is 0.0324. The van der Waals surface area contributed by atoms with E-state index in [1.807, 2.05) is 6.08 Å². The predicted molar refractivity (Wildman–Crippen MR) is 246 cm³/mol. The Kier molecular flexibility index (Phi) is 45.2. The zero-order chi connectivity index (χ0) is 41.5. The van der Waals surface area contributed by atoms with Gasteiger partial charge in [-0.3, -0.25) is 9.59 Å². The normalized spacial score (nSPS) is 13.0. The van der Waals surface area contributed by atoms with Crippen LogP contribution in [0.25, 0.3) is 0 Å². The van der Waals surface area contributed by atoms with Gasteiger partial charge in [0, 0.05) is 12.8 Å². The van der Waals surface area contributed by atoms with Crippen LogP contribution in [0.2, 0.25) is 0 Å². The molecule has 0 heterocycles. The number of amides is 1. The van der Waals surface area contributed by atoms with Gasteiger partial charge in [0.15, 0.2) is 0 Å². The van der Waals surface area contributed by atoms with E-state index in [0.29, 0.717) is 19.4 Å². The lowest BCUT2D eigenvalue weighted by molar-refractivity contribution is -0.143. The largest absolute Gasteiger partial charge is 0.466 e. The third kappa shape index (κ3) is 43.5. The van der Waals surface area contributed by atoms with E-state index in [1.165, 1.54) is 154 Å². The first-order valence-electron chi connectivity index (χ1n) is 24.8. The molecule has 6 nitrogen and oxygen atoms in total. The van der Waals surface area contributed by atoms with Gasteiger partial charge >= 0.3 is 5.97 Å². The van der Waals surface area contributed by atoms with Crippen molar-refractivity contribution in [2.24, 2.45) is 0 Å². The molecule has 0 aliphatic rings. The summed E-state index contributed by atoms with van der Waals surface area (Å²) in [6.07, 6.45) is 55.6. The fourth-order valence-electron chi connectivity index (χ4n) is 7.27. The summed E-state index contributed by atoms with van der Waals surface area (Å²) in [4.78, 5) is 24.4. The zero-order valence-electron chi connectivity index (χ0n) is 37.8. The Morgan fingerprint density at radius 2 is 0.825 bits per heavy atom. The number of hydrogen-bond acceptors (Lipinski definition) is 5. The lowest BCUT2D eigenvalue weighted by Gasteiger charge is -2.20. The molecule has 334 valence electrons. The van der Waals surface area contributed by atoms with E-state index in [9.17, 15) is 19.8 Å². The monoisotopic (exact) mass is 802 g/mol. The van der Waals surface area contributed by atoms with Crippen LogP contribution >= 0.6 is 0 Å². The standard InChI is InChI=1S/C51H95NO5/c1-3-5-7-9-11-13-15-20-23-27-31-35-39-43-49(54)48(47-53)52-50(55)44-40-36-32-28-24-21-18-17-19-22-26-30-34-38-42-46-57-51(56)45-41-37-33-29-25-16-14-12-10-8-6-4-2/h12,14,19,22,39,43,48-49,53-54H,3-11,13,15-18,20-21,23-38,40-42,44-47H2,1-2H3,(H,52,55)/b14-12-,22-19-,43-39+. The lowest BCUT2D eigenvalue weighted by Crippen LogP contribution is -2.45. The second kappa shape index (κ2) is 46.8. The summed E-state index contributed by atoms with van der Waals surface area (Å²) in [5.74, 6) is -0.107. The van der Waals surface area contributed by atoms with Crippen LogP contribution in [0.5, 0.6) is 0 Å². The number of aliphatic hydroxyl groups is 2. The third-order valence-corrected chi connectivity index (χ3v) is 11.1. The van der Waals surface area contributed by atoms with Crippen molar-refractivity contribution in [3.05, 3.63) is 36.5 Å². The number of esters is 1. The average Bonchev–Trinajstić information content (AvgIpc) is 3.21. The van der Waals surface area contributed by atoms with Crippen molar-refractivity contribution < 1.29 is 24.5 Å². The summed E-state index contributed by atoms with van der Waals surface area (Å²) < 4.78 is 5.43. The Hall–Kier alpha value is -1.92. The van der Waals surface area contributed by atoms with E-state index in [1.54, 1.807) is 6.08 Å². The van der Waals surface area contributed by atoms with Crippen LogP contribution in [-0.2, 0) is 14.3 Å². The third-order valence-electron chi connectivity index (χ3n) is 11.1. The Morgan fingerprint density at radius 1 is 0.474 bits per heavy atom. The molecule has 0 saturated carbocycles. The number of nitrogens with one attached hydrogen (secondary N) is 1. The molecule has 57 heavy (non-hydrogen) atoms. The van der Waals surface area contributed by atoms with E-state index < -0.39 is 12.1 Å². The molecule has 0 aromatic carbocycles. The Bertz CT molecular complexity index is 931. The highest BCUT2D eigenvalue weighted by molar-refractivity contribution is 5.76. The van der Waals surface area contributed by atoms with Crippen LogP contribution in [0.3, 0.4) is 0 Å². The van der Waals surface area contributed by atoms with E-state index in [2.05, 4.69) is 43.5 Å². The van der Waals surface area contributed by atoms with Crippen LogP contribution in [-0.4, -0.2) is 47.4 Å². The smallest absolute Gasteiger partial charge is 0.305 e. The minimum absolute atomic E-state index is 0.0222. The number of allylic oxidation sites excluding steroid dienone is 5. The summed E-state index contributed by atoms with van der Waals surface area (Å²) >= 11 is 0. The van der Waals surface area contributed by atoms with Gasteiger partial charge in [-0.2, -0.15) is 0 Å². The van der Waals surface area contributed by atoms with Gasteiger partial charge in [0.25, 0.3) is 0 Å².